The number of hydrogen-bond donors (Lipinski definition) is 0. The van der Waals surface area contributed by atoms with Crippen LogP contribution in [0.2, 0.25) is 0 Å². The van der Waals surface area contributed by atoms with Crippen LogP contribution in [0.15, 0.2) is 64.4 Å². The summed E-state index contributed by atoms with van der Waals surface area (Å²) in [6.07, 6.45) is 0.847. The molecule has 2 aromatic rings. The highest BCUT2D eigenvalue weighted by atomic mass is 32.7. The van der Waals surface area contributed by atoms with E-state index < -0.39 is 16.6 Å². The Morgan fingerprint density at radius 2 is 1.56 bits per heavy atom. The first-order chi connectivity index (χ1) is 11.9. The molecule has 0 spiro atoms. The lowest BCUT2D eigenvalue weighted by molar-refractivity contribution is 0.296. The van der Waals surface area contributed by atoms with Crippen molar-refractivity contribution in [2.75, 3.05) is 12.4 Å². The van der Waals surface area contributed by atoms with Gasteiger partial charge >= 0.3 is 6.80 Å². The van der Waals surface area contributed by atoms with E-state index in [0.29, 0.717) is 11.5 Å². The molecule has 136 valence electrons. The Morgan fingerprint density at radius 3 is 2.12 bits per heavy atom. The summed E-state index contributed by atoms with van der Waals surface area (Å²) in [5, 5.41) is 0. The molecule has 5 nitrogen and oxygen atoms in total. The highest BCUT2D eigenvalue weighted by molar-refractivity contribution is 8.55. The minimum atomic E-state index is -3.58. The van der Waals surface area contributed by atoms with E-state index in [1.807, 2.05) is 6.92 Å². The van der Waals surface area contributed by atoms with Crippen LogP contribution in [-0.2, 0) is 18.9 Å². The van der Waals surface area contributed by atoms with E-state index in [-0.39, 0.29) is 16.4 Å². The molecule has 0 saturated carbocycles. The van der Waals surface area contributed by atoms with Crippen molar-refractivity contribution in [2.24, 2.45) is 0 Å². The third-order valence-corrected chi connectivity index (χ3v) is 8.88. The Bertz CT molecular complexity index is 820. The van der Waals surface area contributed by atoms with Gasteiger partial charge in [0.25, 0.3) is 0 Å². The molecule has 0 heterocycles. The maximum Gasteiger partial charge on any atom is 0.440 e. The highest BCUT2D eigenvalue weighted by Gasteiger charge is 2.26. The SMILES string of the molecule is CCCSP(=O)(OCC)Oc1ccc(S(=O)(=O)c2ccccc2)cc1. The summed E-state index contributed by atoms with van der Waals surface area (Å²) in [5.41, 5.74) is 0. The normalized spacial score (nSPS) is 14.0. The molecule has 0 saturated heterocycles. The van der Waals surface area contributed by atoms with Crippen molar-refractivity contribution in [3.05, 3.63) is 54.6 Å². The lowest BCUT2D eigenvalue weighted by Gasteiger charge is -2.17. The van der Waals surface area contributed by atoms with Crippen LogP contribution in [-0.4, -0.2) is 20.8 Å². The van der Waals surface area contributed by atoms with Gasteiger partial charge in [-0.2, -0.15) is 0 Å². The van der Waals surface area contributed by atoms with Crippen LogP contribution < -0.4 is 4.52 Å². The topological polar surface area (TPSA) is 69.7 Å². The monoisotopic (exact) mass is 400 g/mol. The lowest BCUT2D eigenvalue weighted by Crippen LogP contribution is -2.02. The summed E-state index contributed by atoms with van der Waals surface area (Å²) in [6.45, 7) is 0.695. The standard InChI is InChI=1S/C17H21O5PS2/c1-3-14-24-23(18,21-4-2)22-15-10-12-17(13-11-15)25(19,20)16-8-6-5-7-9-16/h5-13H,3-4,14H2,1-2H3. The van der Waals surface area contributed by atoms with Gasteiger partial charge < -0.3 is 4.52 Å². The van der Waals surface area contributed by atoms with Gasteiger partial charge in [0.05, 0.1) is 16.4 Å². The molecule has 0 aromatic heterocycles. The maximum absolute atomic E-state index is 12.6. The Hall–Kier alpha value is -1.27. The quantitative estimate of drug-likeness (QED) is 0.540. The summed E-state index contributed by atoms with van der Waals surface area (Å²) < 4.78 is 48.5. The van der Waals surface area contributed by atoms with E-state index in [2.05, 4.69) is 0 Å². The minimum absolute atomic E-state index is 0.151. The smallest absolute Gasteiger partial charge is 0.417 e. The second-order valence-electron chi connectivity index (χ2n) is 5.08. The number of sulfone groups is 1. The van der Waals surface area contributed by atoms with Crippen LogP contribution in [0.5, 0.6) is 5.75 Å². The van der Waals surface area contributed by atoms with Gasteiger partial charge in [0.1, 0.15) is 5.75 Å². The molecule has 2 aromatic carbocycles. The molecule has 0 fully saturated rings. The second kappa shape index (κ2) is 8.90. The van der Waals surface area contributed by atoms with Gasteiger partial charge in [0.2, 0.25) is 9.84 Å². The fourth-order valence-electron chi connectivity index (χ4n) is 2.00. The fourth-order valence-corrected chi connectivity index (χ4v) is 6.73. The molecule has 0 radical (unpaired) electrons. The van der Waals surface area contributed by atoms with Gasteiger partial charge in [-0.1, -0.05) is 25.1 Å². The molecular formula is C17H21O5PS2. The zero-order chi connectivity index (χ0) is 18.3. The third-order valence-electron chi connectivity index (χ3n) is 3.15. The van der Waals surface area contributed by atoms with Crippen molar-refractivity contribution in [3.8, 4) is 5.75 Å². The van der Waals surface area contributed by atoms with Crippen LogP contribution in [0.4, 0.5) is 0 Å². The maximum atomic E-state index is 12.6. The largest absolute Gasteiger partial charge is 0.440 e. The Kier molecular flexibility index (Phi) is 7.14. The third kappa shape index (κ3) is 5.35. The Labute approximate surface area is 153 Å². The summed E-state index contributed by atoms with van der Waals surface area (Å²) in [4.78, 5) is 0.376. The van der Waals surface area contributed by atoms with Gasteiger partial charge in [-0.05, 0) is 61.1 Å². The molecule has 1 atom stereocenters. The fraction of sp³-hybridized carbons (Fsp3) is 0.294. The predicted molar refractivity (Wildman–Crippen MR) is 101 cm³/mol. The van der Waals surface area contributed by atoms with E-state index in [4.69, 9.17) is 9.05 Å². The van der Waals surface area contributed by atoms with Crippen molar-refractivity contribution < 1.29 is 22.0 Å². The van der Waals surface area contributed by atoms with Crippen LogP contribution in [0.25, 0.3) is 0 Å². The molecule has 2 rings (SSSR count). The van der Waals surface area contributed by atoms with Gasteiger partial charge in [-0.3, -0.25) is 4.52 Å². The lowest BCUT2D eigenvalue weighted by atomic mass is 10.3. The van der Waals surface area contributed by atoms with Gasteiger partial charge in [-0.25, -0.2) is 13.0 Å². The molecule has 25 heavy (non-hydrogen) atoms. The van der Waals surface area contributed by atoms with Crippen LogP contribution in [0.1, 0.15) is 20.3 Å². The molecule has 1 unspecified atom stereocenters. The summed E-state index contributed by atoms with van der Waals surface area (Å²) in [5.74, 6) is 0.963. The molecule has 0 N–H and O–H groups in total. The Balaban J connectivity index is 2.20. The van der Waals surface area contributed by atoms with Gasteiger partial charge in [-0.15, -0.1) is 0 Å². The predicted octanol–water partition coefficient (Wildman–Crippen LogP) is 5.19. The number of hydrogen-bond acceptors (Lipinski definition) is 6. The molecule has 0 aliphatic rings. The van der Waals surface area contributed by atoms with Crippen molar-refractivity contribution in [3.63, 3.8) is 0 Å². The molecule has 0 aliphatic carbocycles. The molecular weight excluding hydrogens is 379 g/mol. The van der Waals surface area contributed by atoms with E-state index >= 15 is 0 Å². The minimum Gasteiger partial charge on any atom is -0.417 e. The van der Waals surface area contributed by atoms with E-state index in [1.54, 1.807) is 37.3 Å². The zero-order valence-corrected chi connectivity index (χ0v) is 16.6. The first-order valence-electron chi connectivity index (χ1n) is 7.90. The number of benzene rings is 2. The summed E-state index contributed by atoms with van der Waals surface area (Å²) in [7, 11) is -3.58. The van der Waals surface area contributed by atoms with Crippen LogP contribution in [0.3, 0.4) is 0 Å². The van der Waals surface area contributed by atoms with Crippen molar-refractivity contribution in [1.82, 2.24) is 0 Å². The van der Waals surface area contributed by atoms with Crippen LogP contribution >= 0.6 is 18.2 Å². The average molecular weight is 400 g/mol. The molecule has 0 aliphatic heterocycles. The molecule has 0 amide bonds. The molecule has 8 heteroatoms. The Morgan fingerprint density at radius 1 is 0.960 bits per heavy atom. The summed E-state index contributed by atoms with van der Waals surface area (Å²) in [6, 6.07) is 14.1. The van der Waals surface area contributed by atoms with Gasteiger partial charge in [0.15, 0.2) is 0 Å². The van der Waals surface area contributed by atoms with Crippen molar-refractivity contribution in [1.29, 1.82) is 0 Å². The van der Waals surface area contributed by atoms with Crippen LogP contribution in [0, 0.1) is 0 Å². The number of rotatable bonds is 9. The average Bonchev–Trinajstić information content (AvgIpc) is 2.61. The first-order valence-corrected chi connectivity index (χ1v) is 12.5. The highest BCUT2D eigenvalue weighted by Crippen LogP contribution is 2.60. The first kappa shape index (κ1) is 20.0. The second-order valence-corrected chi connectivity index (χ2v) is 11.1. The summed E-state index contributed by atoms with van der Waals surface area (Å²) >= 11 is 1.14. The van der Waals surface area contributed by atoms with E-state index in [9.17, 15) is 13.0 Å². The molecule has 0 bridgehead atoms. The van der Waals surface area contributed by atoms with Crippen molar-refractivity contribution in [2.45, 2.75) is 30.1 Å². The van der Waals surface area contributed by atoms with Crippen molar-refractivity contribution >= 4 is 28.0 Å². The van der Waals surface area contributed by atoms with E-state index in [0.717, 1.165) is 17.8 Å². The zero-order valence-electron chi connectivity index (χ0n) is 14.1. The van der Waals surface area contributed by atoms with Gasteiger partial charge in [0, 0.05) is 5.75 Å². The van der Waals surface area contributed by atoms with E-state index in [1.165, 1.54) is 24.3 Å².